The second-order valence-corrected chi connectivity index (χ2v) is 5.61. The summed E-state index contributed by atoms with van der Waals surface area (Å²) in [7, 11) is 0. The highest BCUT2D eigenvalue weighted by molar-refractivity contribution is 9.10. The van der Waals surface area contributed by atoms with Crippen LogP contribution in [-0.4, -0.2) is 5.16 Å². The van der Waals surface area contributed by atoms with Gasteiger partial charge in [0.1, 0.15) is 5.82 Å². The Kier molecular flexibility index (Phi) is 3.69. The Morgan fingerprint density at radius 3 is 2.57 bits per heavy atom. The Balaban J connectivity index is 2.22. The van der Waals surface area contributed by atoms with E-state index in [2.05, 4.69) is 21.1 Å². The molecular weight excluding hydrogens is 359 g/mol. The van der Waals surface area contributed by atoms with Gasteiger partial charge in [0.05, 0.1) is 10.0 Å². The van der Waals surface area contributed by atoms with Gasteiger partial charge < -0.3 is 10.3 Å². The predicted molar refractivity (Wildman–Crippen MR) is 84.5 cm³/mol. The fourth-order valence-electron chi connectivity index (χ4n) is 2.06. The first-order valence-electron chi connectivity index (χ1n) is 6.03. The lowest BCUT2D eigenvalue weighted by Gasteiger charge is -2.05. The lowest BCUT2D eigenvalue weighted by molar-refractivity contribution is 0.435. The van der Waals surface area contributed by atoms with E-state index in [1.54, 1.807) is 24.3 Å². The van der Waals surface area contributed by atoms with Gasteiger partial charge in [-0.2, -0.15) is 0 Å². The van der Waals surface area contributed by atoms with Crippen LogP contribution in [0, 0.1) is 5.82 Å². The third-order valence-electron chi connectivity index (χ3n) is 3.05. The molecule has 0 saturated heterocycles. The molecule has 0 fully saturated rings. The topological polar surface area (TPSA) is 52.0 Å². The smallest absolute Gasteiger partial charge is 0.178 e. The predicted octanol–water partition coefficient (Wildman–Crippen LogP) is 5.15. The molecule has 3 nitrogen and oxygen atoms in total. The van der Waals surface area contributed by atoms with E-state index in [1.165, 1.54) is 6.07 Å². The average Bonchev–Trinajstić information content (AvgIpc) is 2.85. The molecule has 0 amide bonds. The summed E-state index contributed by atoms with van der Waals surface area (Å²) >= 11 is 9.11. The number of benzene rings is 2. The molecule has 2 N–H and O–H groups in total. The van der Waals surface area contributed by atoms with Crippen LogP contribution < -0.4 is 5.73 Å². The van der Waals surface area contributed by atoms with Crippen molar-refractivity contribution in [3.05, 3.63) is 57.8 Å². The normalized spacial score (nSPS) is 10.8. The molecule has 6 heteroatoms. The Labute approximate surface area is 133 Å². The third kappa shape index (κ3) is 2.54. The lowest BCUT2D eigenvalue weighted by Crippen LogP contribution is -1.90. The van der Waals surface area contributed by atoms with Crippen molar-refractivity contribution in [1.82, 2.24) is 5.16 Å². The Morgan fingerprint density at radius 1 is 1.14 bits per heavy atom. The maximum Gasteiger partial charge on any atom is 0.178 e. The first-order valence-corrected chi connectivity index (χ1v) is 7.20. The van der Waals surface area contributed by atoms with Gasteiger partial charge in [0.2, 0.25) is 0 Å². The Bertz CT molecular complexity index is 802. The molecule has 2 aromatic carbocycles. The van der Waals surface area contributed by atoms with Gasteiger partial charge in [0.25, 0.3) is 0 Å². The van der Waals surface area contributed by atoms with Crippen LogP contribution in [0.25, 0.3) is 22.5 Å². The molecule has 0 saturated carbocycles. The van der Waals surface area contributed by atoms with Gasteiger partial charge in [-0.05, 0) is 45.8 Å². The monoisotopic (exact) mass is 366 g/mol. The fourth-order valence-corrected chi connectivity index (χ4v) is 2.63. The zero-order valence-corrected chi connectivity index (χ0v) is 13.0. The molecule has 0 spiro atoms. The van der Waals surface area contributed by atoms with Crippen molar-refractivity contribution in [3.8, 4) is 22.5 Å². The molecule has 0 bridgehead atoms. The maximum absolute atomic E-state index is 13.7. The van der Waals surface area contributed by atoms with Gasteiger partial charge in [-0.1, -0.05) is 35.0 Å². The zero-order valence-electron chi connectivity index (χ0n) is 10.6. The minimum atomic E-state index is -0.385. The molecule has 0 aliphatic rings. The van der Waals surface area contributed by atoms with E-state index in [0.29, 0.717) is 26.4 Å². The number of rotatable bonds is 2. The summed E-state index contributed by atoms with van der Waals surface area (Å²) in [5.74, 6) is 0.259. The maximum atomic E-state index is 13.7. The largest absolute Gasteiger partial charge is 0.380 e. The summed E-state index contributed by atoms with van der Waals surface area (Å²) in [6.45, 7) is 0. The first kappa shape index (κ1) is 14.1. The molecule has 0 aliphatic heterocycles. The van der Waals surface area contributed by atoms with Crippen molar-refractivity contribution < 1.29 is 8.91 Å². The number of nitrogens with zero attached hydrogens (tertiary/aromatic N) is 1. The van der Waals surface area contributed by atoms with Crippen LogP contribution in [0.3, 0.4) is 0 Å². The quantitative estimate of drug-likeness (QED) is 0.682. The molecular formula is C15H9BrClFN2O. The summed E-state index contributed by atoms with van der Waals surface area (Å²) in [5, 5.41) is 4.40. The molecule has 21 heavy (non-hydrogen) atoms. The minimum absolute atomic E-state index is 0.239. The lowest BCUT2D eigenvalue weighted by atomic mass is 10.0. The molecule has 0 atom stereocenters. The summed E-state index contributed by atoms with van der Waals surface area (Å²) in [5.41, 5.74) is 7.84. The van der Waals surface area contributed by atoms with Crippen LogP contribution in [0.4, 0.5) is 10.2 Å². The molecule has 0 unspecified atom stereocenters. The number of halogens is 3. The summed E-state index contributed by atoms with van der Waals surface area (Å²) in [6.07, 6.45) is 0. The number of hydrogen-bond acceptors (Lipinski definition) is 3. The highest BCUT2D eigenvalue weighted by atomic mass is 79.9. The van der Waals surface area contributed by atoms with Gasteiger partial charge in [-0.25, -0.2) is 4.39 Å². The van der Waals surface area contributed by atoms with Crippen LogP contribution in [0.1, 0.15) is 0 Å². The molecule has 1 heterocycles. The SMILES string of the molecule is Nc1noc(-c2cccc(F)c2Br)c1-c1ccc(Cl)cc1. The van der Waals surface area contributed by atoms with Crippen LogP contribution in [-0.2, 0) is 0 Å². The van der Waals surface area contributed by atoms with Crippen LogP contribution in [0.2, 0.25) is 5.02 Å². The van der Waals surface area contributed by atoms with E-state index in [-0.39, 0.29) is 11.6 Å². The van der Waals surface area contributed by atoms with Crippen LogP contribution in [0.15, 0.2) is 51.5 Å². The number of hydrogen-bond donors (Lipinski definition) is 1. The first-order chi connectivity index (χ1) is 10.1. The van der Waals surface area contributed by atoms with Gasteiger partial charge >= 0.3 is 0 Å². The highest BCUT2D eigenvalue weighted by Crippen LogP contribution is 2.40. The Hall–Kier alpha value is -1.85. The molecule has 3 aromatic rings. The van der Waals surface area contributed by atoms with Crippen molar-refractivity contribution in [2.24, 2.45) is 0 Å². The highest BCUT2D eigenvalue weighted by Gasteiger charge is 2.20. The van der Waals surface area contributed by atoms with Crippen LogP contribution in [0.5, 0.6) is 0 Å². The van der Waals surface area contributed by atoms with Crippen molar-refractivity contribution in [3.63, 3.8) is 0 Å². The number of anilines is 1. The summed E-state index contributed by atoms with van der Waals surface area (Å²) in [6, 6.07) is 11.8. The van der Waals surface area contributed by atoms with Crippen molar-refractivity contribution in [2.75, 3.05) is 5.73 Å². The van der Waals surface area contributed by atoms with Gasteiger partial charge in [0.15, 0.2) is 11.6 Å². The number of nitrogen functional groups attached to an aromatic ring is 1. The van der Waals surface area contributed by atoms with E-state index in [4.69, 9.17) is 21.9 Å². The van der Waals surface area contributed by atoms with Crippen molar-refractivity contribution in [2.45, 2.75) is 0 Å². The minimum Gasteiger partial charge on any atom is -0.380 e. The molecule has 106 valence electrons. The summed E-state index contributed by atoms with van der Waals surface area (Å²) in [4.78, 5) is 0. The van der Waals surface area contributed by atoms with Gasteiger partial charge in [-0.3, -0.25) is 0 Å². The average molecular weight is 368 g/mol. The van der Waals surface area contributed by atoms with Crippen molar-refractivity contribution in [1.29, 1.82) is 0 Å². The van der Waals surface area contributed by atoms with E-state index < -0.39 is 0 Å². The molecule has 0 radical (unpaired) electrons. The van der Waals surface area contributed by atoms with Crippen molar-refractivity contribution >= 4 is 33.3 Å². The molecule has 1 aromatic heterocycles. The number of nitrogens with two attached hydrogens (primary N) is 1. The Morgan fingerprint density at radius 2 is 1.86 bits per heavy atom. The van der Waals surface area contributed by atoms with Crippen LogP contribution >= 0.6 is 27.5 Å². The van der Waals surface area contributed by atoms with E-state index >= 15 is 0 Å². The third-order valence-corrected chi connectivity index (χ3v) is 4.11. The second kappa shape index (κ2) is 5.50. The zero-order chi connectivity index (χ0) is 15.0. The second-order valence-electron chi connectivity index (χ2n) is 4.38. The van der Waals surface area contributed by atoms with E-state index in [1.807, 2.05) is 12.1 Å². The fraction of sp³-hybridized carbons (Fsp3) is 0. The summed E-state index contributed by atoms with van der Waals surface area (Å²) < 4.78 is 19.3. The van der Waals surface area contributed by atoms with E-state index in [0.717, 1.165) is 5.56 Å². The number of aromatic nitrogens is 1. The molecule has 0 aliphatic carbocycles. The van der Waals surface area contributed by atoms with Gasteiger partial charge in [-0.15, -0.1) is 0 Å². The molecule has 3 rings (SSSR count). The standard InChI is InChI=1S/C15H9BrClFN2O/c16-13-10(2-1-3-11(13)18)14-12(15(19)20-21-14)8-4-6-9(17)7-5-8/h1-7H,(H2,19,20). The van der Waals surface area contributed by atoms with E-state index in [9.17, 15) is 4.39 Å². The van der Waals surface area contributed by atoms with Gasteiger partial charge in [0, 0.05) is 10.6 Å².